The second-order valence-electron chi connectivity index (χ2n) is 4.47. The number of nitrogens with one attached hydrogen (secondary N) is 2. The third-order valence-electron chi connectivity index (χ3n) is 2.69. The minimum atomic E-state index is -0.717. The third-order valence-corrected chi connectivity index (χ3v) is 2.95. The maximum absolute atomic E-state index is 11.7. The zero-order valence-corrected chi connectivity index (χ0v) is 13.1. The van der Waals surface area contributed by atoms with E-state index >= 15 is 0 Å². The lowest BCUT2D eigenvalue weighted by Crippen LogP contribution is -2.43. The predicted octanol–water partition coefficient (Wildman–Crippen LogP) is 1.95. The summed E-state index contributed by atoms with van der Waals surface area (Å²) in [6.07, 6.45) is 3.99. The van der Waals surface area contributed by atoms with Crippen molar-refractivity contribution < 1.29 is 23.5 Å². The zero-order valence-electron chi connectivity index (χ0n) is 12.3. The van der Waals surface area contributed by atoms with E-state index in [1.807, 2.05) is 0 Å². The summed E-state index contributed by atoms with van der Waals surface area (Å²) in [7, 11) is 0. The zero-order chi connectivity index (χ0) is 17.4. The van der Waals surface area contributed by atoms with Crippen LogP contribution in [0.4, 0.5) is 0 Å². The number of rotatable bonds is 5. The van der Waals surface area contributed by atoms with Crippen LogP contribution in [0.15, 0.2) is 53.2 Å². The van der Waals surface area contributed by atoms with Gasteiger partial charge in [0, 0.05) is 16.7 Å². The third kappa shape index (κ3) is 5.62. The predicted molar refractivity (Wildman–Crippen MR) is 85.8 cm³/mol. The molecular formula is C16H13ClN2O5. The molecular weight excluding hydrogens is 336 g/mol. The van der Waals surface area contributed by atoms with Crippen molar-refractivity contribution in [1.29, 1.82) is 0 Å². The molecule has 1 aromatic carbocycles. The fourth-order valence-corrected chi connectivity index (χ4v) is 1.68. The van der Waals surface area contributed by atoms with Crippen LogP contribution in [0, 0.1) is 0 Å². The van der Waals surface area contributed by atoms with Crippen molar-refractivity contribution in [1.82, 2.24) is 10.9 Å². The molecule has 0 saturated carbocycles. The van der Waals surface area contributed by atoms with Crippen molar-refractivity contribution in [3.8, 4) is 0 Å². The maximum atomic E-state index is 11.7. The smallest absolute Gasteiger partial charge is 0.331 e. The molecule has 0 spiro atoms. The fourth-order valence-electron chi connectivity index (χ4n) is 1.56. The van der Waals surface area contributed by atoms with E-state index in [9.17, 15) is 14.4 Å². The molecule has 1 aromatic heterocycles. The number of carbonyl (C=O) groups is 3. The van der Waals surface area contributed by atoms with Crippen LogP contribution in [0.3, 0.4) is 0 Å². The molecule has 24 heavy (non-hydrogen) atoms. The van der Waals surface area contributed by atoms with Gasteiger partial charge in [-0.2, -0.15) is 0 Å². The number of furan rings is 1. The van der Waals surface area contributed by atoms with Crippen LogP contribution in [0.1, 0.15) is 16.1 Å². The van der Waals surface area contributed by atoms with Crippen molar-refractivity contribution in [3.05, 3.63) is 65.1 Å². The first kappa shape index (κ1) is 17.3. The number of amides is 2. The largest absolute Gasteiger partial charge is 0.465 e. The van der Waals surface area contributed by atoms with Gasteiger partial charge in [0.05, 0.1) is 6.26 Å². The number of benzene rings is 1. The van der Waals surface area contributed by atoms with E-state index in [0.29, 0.717) is 16.3 Å². The van der Waals surface area contributed by atoms with Gasteiger partial charge in [0.2, 0.25) is 0 Å². The van der Waals surface area contributed by atoms with Gasteiger partial charge in [-0.25, -0.2) is 4.79 Å². The van der Waals surface area contributed by atoms with Crippen molar-refractivity contribution in [2.45, 2.75) is 0 Å². The van der Waals surface area contributed by atoms with Crippen molar-refractivity contribution in [2.24, 2.45) is 0 Å². The van der Waals surface area contributed by atoms with E-state index in [2.05, 4.69) is 10.9 Å². The van der Waals surface area contributed by atoms with Gasteiger partial charge in [-0.3, -0.25) is 20.4 Å². The number of carbonyl (C=O) groups excluding carboxylic acids is 3. The van der Waals surface area contributed by atoms with Gasteiger partial charge < -0.3 is 9.15 Å². The average Bonchev–Trinajstić information content (AvgIpc) is 3.10. The first-order chi connectivity index (χ1) is 11.5. The Labute approximate surface area is 142 Å². The van der Waals surface area contributed by atoms with E-state index < -0.39 is 24.4 Å². The van der Waals surface area contributed by atoms with Gasteiger partial charge in [0.15, 0.2) is 6.61 Å². The second kappa shape index (κ2) is 8.54. The summed E-state index contributed by atoms with van der Waals surface area (Å²) in [5, 5.41) is 0.491. The Morgan fingerprint density at radius 3 is 2.54 bits per heavy atom. The van der Waals surface area contributed by atoms with Gasteiger partial charge in [-0.05, 0) is 42.5 Å². The molecule has 0 saturated heterocycles. The van der Waals surface area contributed by atoms with Gasteiger partial charge in [-0.1, -0.05) is 11.6 Å². The van der Waals surface area contributed by atoms with Crippen LogP contribution >= 0.6 is 11.6 Å². The Balaban J connectivity index is 1.70. The summed E-state index contributed by atoms with van der Waals surface area (Å²) in [5.74, 6) is -1.45. The van der Waals surface area contributed by atoms with Gasteiger partial charge in [0.25, 0.3) is 11.8 Å². The normalized spacial score (nSPS) is 10.4. The Bertz CT molecular complexity index is 738. The fraction of sp³-hybridized carbons (Fsp3) is 0.0625. The van der Waals surface area contributed by atoms with E-state index in [1.54, 1.807) is 24.3 Å². The molecule has 2 amide bonds. The highest BCUT2D eigenvalue weighted by molar-refractivity contribution is 6.30. The number of ether oxygens (including phenoxy) is 1. The number of hydrogen-bond acceptors (Lipinski definition) is 5. The van der Waals surface area contributed by atoms with Crippen LogP contribution in [0.5, 0.6) is 0 Å². The quantitative estimate of drug-likeness (QED) is 0.489. The monoisotopic (exact) mass is 348 g/mol. The highest BCUT2D eigenvalue weighted by Crippen LogP contribution is 2.09. The van der Waals surface area contributed by atoms with Crippen LogP contribution < -0.4 is 10.9 Å². The highest BCUT2D eigenvalue weighted by atomic mass is 35.5. The summed E-state index contributed by atoms with van der Waals surface area (Å²) in [5.41, 5.74) is 4.64. The SMILES string of the molecule is O=C(COC(=O)C=Cc1ccco1)NNC(=O)c1ccc(Cl)cc1. The molecule has 0 aliphatic rings. The van der Waals surface area contributed by atoms with Gasteiger partial charge in [0.1, 0.15) is 5.76 Å². The van der Waals surface area contributed by atoms with E-state index in [-0.39, 0.29) is 0 Å². The number of hydrogen-bond donors (Lipinski definition) is 2. The van der Waals surface area contributed by atoms with E-state index in [0.717, 1.165) is 6.08 Å². The molecule has 0 aliphatic heterocycles. The molecule has 124 valence electrons. The molecule has 8 heteroatoms. The summed E-state index contributed by atoms with van der Waals surface area (Å²) in [4.78, 5) is 34.6. The average molecular weight is 349 g/mol. The van der Waals surface area contributed by atoms with Gasteiger partial charge in [-0.15, -0.1) is 0 Å². The van der Waals surface area contributed by atoms with Crippen LogP contribution in [0.2, 0.25) is 5.02 Å². The Kier molecular flexibility index (Phi) is 6.16. The molecule has 1 heterocycles. The Hall–Kier alpha value is -3.06. The molecule has 0 atom stereocenters. The standard InChI is InChI=1S/C16H13ClN2O5/c17-12-5-3-11(4-6-12)16(22)19-18-14(20)10-24-15(21)8-7-13-2-1-9-23-13/h1-9H,10H2,(H,18,20)(H,19,22). The lowest BCUT2D eigenvalue weighted by Gasteiger charge is -2.07. The molecule has 2 rings (SSSR count). The highest BCUT2D eigenvalue weighted by Gasteiger charge is 2.08. The molecule has 7 nitrogen and oxygen atoms in total. The molecule has 2 N–H and O–H groups in total. The minimum Gasteiger partial charge on any atom is -0.465 e. The molecule has 0 bridgehead atoms. The Morgan fingerprint density at radius 2 is 1.88 bits per heavy atom. The molecule has 0 radical (unpaired) electrons. The lowest BCUT2D eigenvalue weighted by molar-refractivity contribution is -0.144. The molecule has 0 unspecified atom stereocenters. The summed E-state index contributed by atoms with van der Waals surface area (Å²) < 4.78 is 9.70. The van der Waals surface area contributed by atoms with E-state index in [1.165, 1.54) is 24.5 Å². The number of halogens is 1. The second-order valence-corrected chi connectivity index (χ2v) is 4.90. The van der Waals surface area contributed by atoms with Crippen LogP contribution in [0.25, 0.3) is 6.08 Å². The number of esters is 1. The van der Waals surface area contributed by atoms with Crippen molar-refractivity contribution in [3.63, 3.8) is 0 Å². The lowest BCUT2D eigenvalue weighted by atomic mass is 10.2. The van der Waals surface area contributed by atoms with Crippen LogP contribution in [-0.4, -0.2) is 24.4 Å². The molecule has 0 aliphatic carbocycles. The van der Waals surface area contributed by atoms with Crippen molar-refractivity contribution >= 4 is 35.5 Å². The Morgan fingerprint density at radius 1 is 1.12 bits per heavy atom. The van der Waals surface area contributed by atoms with Crippen molar-refractivity contribution in [2.75, 3.05) is 6.61 Å². The molecule has 2 aromatic rings. The first-order valence-electron chi connectivity index (χ1n) is 6.77. The van der Waals surface area contributed by atoms with E-state index in [4.69, 9.17) is 20.8 Å². The number of hydrazine groups is 1. The summed E-state index contributed by atoms with van der Waals surface area (Å²) in [6.45, 7) is -0.539. The summed E-state index contributed by atoms with van der Waals surface area (Å²) in [6, 6.07) is 9.42. The van der Waals surface area contributed by atoms with Crippen LogP contribution in [-0.2, 0) is 14.3 Å². The summed E-state index contributed by atoms with van der Waals surface area (Å²) >= 11 is 5.71. The maximum Gasteiger partial charge on any atom is 0.331 e. The first-order valence-corrected chi connectivity index (χ1v) is 7.15. The minimum absolute atomic E-state index is 0.318. The topological polar surface area (TPSA) is 97.6 Å². The van der Waals surface area contributed by atoms with Gasteiger partial charge >= 0.3 is 5.97 Å². The molecule has 0 fully saturated rings.